The van der Waals surface area contributed by atoms with Crippen LogP contribution in [-0.4, -0.2) is 18.4 Å². The highest BCUT2D eigenvalue weighted by molar-refractivity contribution is 5.94. The molecule has 0 spiro atoms. The maximum atomic E-state index is 11.7. The number of nitrogens with one attached hydrogen (secondary N) is 1. The summed E-state index contributed by atoms with van der Waals surface area (Å²) in [5.74, 6) is -0.502. The van der Waals surface area contributed by atoms with Gasteiger partial charge in [-0.05, 0) is 30.9 Å². The van der Waals surface area contributed by atoms with Crippen molar-refractivity contribution in [2.24, 2.45) is 5.73 Å². The fourth-order valence-electron chi connectivity index (χ4n) is 2.05. The van der Waals surface area contributed by atoms with Gasteiger partial charge in [-0.2, -0.15) is 5.26 Å². The molecule has 0 fully saturated rings. The third kappa shape index (κ3) is 6.57. The van der Waals surface area contributed by atoms with Gasteiger partial charge >= 0.3 is 0 Å². The Bertz CT molecular complexity index is 520. The number of primary amides is 1. The second-order valence-corrected chi connectivity index (χ2v) is 4.84. The first-order valence-electron chi connectivity index (χ1n) is 7.16. The van der Waals surface area contributed by atoms with Crippen LogP contribution in [0.1, 0.15) is 48.0 Å². The minimum atomic E-state index is -0.469. The first-order chi connectivity index (χ1) is 10.1. The van der Waals surface area contributed by atoms with Gasteiger partial charge in [-0.15, -0.1) is 0 Å². The van der Waals surface area contributed by atoms with Crippen LogP contribution >= 0.6 is 0 Å². The number of benzene rings is 1. The number of carbonyl (C=O) groups is 2. The molecule has 0 saturated carbocycles. The number of nitrogens with zero attached hydrogens (tertiary/aromatic N) is 1. The second-order valence-electron chi connectivity index (χ2n) is 4.84. The monoisotopic (exact) mass is 287 g/mol. The number of carbonyl (C=O) groups excluding carboxylic acids is 2. The summed E-state index contributed by atoms with van der Waals surface area (Å²) in [5.41, 5.74) is 6.57. The molecule has 21 heavy (non-hydrogen) atoms. The highest BCUT2D eigenvalue weighted by Crippen LogP contribution is 2.10. The molecule has 0 saturated heterocycles. The fourth-order valence-corrected chi connectivity index (χ4v) is 2.05. The van der Waals surface area contributed by atoms with Gasteiger partial charge in [0, 0.05) is 24.9 Å². The Balaban J connectivity index is 2.27. The zero-order valence-electron chi connectivity index (χ0n) is 12.1. The fraction of sp³-hybridized carbons (Fsp3) is 0.438. The van der Waals surface area contributed by atoms with Crippen LogP contribution in [-0.2, 0) is 11.2 Å². The topological polar surface area (TPSA) is 96.0 Å². The molecule has 0 bridgehead atoms. The Labute approximate surface area is 125 Å². The third-order valence-corrected chi connectivity index (χ3v) is 3.19. The van der Waals surface area contributed by atoms with Gasteiger partial charge in [0.05, 0.1) is 6.07 Å². The Kier molecular flexibility index (Phi) is 7.59. The molecule has 0 heterocycles. The molecule has 1 rings (SSSR count). The molecular formula is C16H21N3O2. The Hall–Kier alpha value is -2.35. The van der Waals surface area contributed by atoms with Gasteiger partial charge in [-0.1, -0.05) is 24.6 Å². The molecule has 0 aromatic heterocycles. The average molecular weight is 287 g/mol. The lowest BCUT2D eigenvalue weighted by atomic mass is 10.0. The molecule has 0 aliphatic carbocycles. The SMILES string of the molecule is N#CCCCCCNC(=O)CCc1ccccc1C(N)=O. The van der Waals surface area contributed by atoms with E-state index in [1.54, 1.807) is 12.1 Å². The van der Waals surface area contributed by atoms with Crippen molar-refractivity contribution < 1.29 is 9.59 Å². The van der Waals surface area contributed by atoms with Gasteiger partial charge in [-0.3, -0.25) is 9.59 Å². The highest BCUT2D eigenvalue weighted by Gasteiger charge is 2.08. The minimum Gasteiger partial charge on any atom is -0.366 e. The molecule has 0 unspecified atom stereocenters. The normalized spacial score (nSPS) is 9.86. The zero-order chi connectivity index (χ0) is 15.5. The van der Waals surface area contributed by atoms with E-state index in [4.69, 9.17) is 11.0 Å². The van der Waals surface area contributed by atoms with Crippen LogP contribution < -0.4 is 11.1 Å². The summed E-state index contributed by atoms with van der Waals surface area (Å²) in [6, 6.07) is 9.16. The largest absolute Gasteiger partial charge is 0.366 e. The molecule has 0 aliphatic heterocycles. The number of unbranched alkanes of at least 4 members (excludes halogenated alkanes) is 3. The summed E-state index contributed by atoms with van der Waals surface area (Å²) >= 11 is 0. The molecule has 0 atom stereocenters. The van der Waals surface area contributed by atoms with Gasteiger partial charge < -0.3 is 11.1 Å². The van der Waals surface area contributed by atoms with E-state index in [1.165, 1.54) is 0 Å². The molecular weight excluding hydrogens is 266 g/mol. The molecule has 2 amide bonds. The number of aryl methyl sites for hydroxylation is 1. The van der Waals surface area contributed by atoms with E-state index < -0.39 is 5.91 Å². The summed E-state index contributed by atoms with van der Waals surface area (Å²) in [4.78, 5) is 23.0. The number of hydrogen-bond donors (Lipinski definition) is 2. The van der Waals surface area contributed by atoms with Gasteiger partial charge in [-0.25, -0.2) is 0 Å². The predicted octanol–water partition coefficient (Wildman–Crippen LogP) is 1.92. The molecule has 112 valence electrons. The summed E-state index contributed by atoms with van der Waals surface area (Å²) in [6.45, 7) is 0.627. The average Bonchev–Trinajstić information content (AvgIpc) is 2.49. The Morgan fingerprint density at radius 2 is 1.95 bits per heavy atom. The first kappa shape index (κ1) is 16.7. The van der Waals surface area contributed by atoms with Crippen molar-refractivity contribution in [3.8, 4) is 6.07 Å². The third-order valence-electron chi connectivity index (χ3n) is 3.19. The van der Waals surface area contributed by atoms with Crippen molar-refractivity contribution in [1.82, 2.24) is 5.32 Å². The molecule has 1 aromatic rings. The highest BCUT2D eigenvalue weighted by atomic mass is 16.1. The summed E-state index contributed by atoms with van der Waals surface area (Å²) in [6.07, 6.45) is 4.10. The number of rotatable bonds is 9. The quantitative estimate of drug-likeness (QED) is 0.679. The molecule has 0 aliphatic rings. The number of amides is 2. The number of nitriles is 1. The minimum absolute atomic E-state index is 0.0328. The van der Waals surface area contributed by atoms with Crippen LogP contribution in [0.15, 0.2) is 24.3 Å². The van der Waals surface area contributed by atoms with Gasteiger partial charge in [0.25, 0.3) is 0 Å². The van der Waals surface area contributed by atoms with Crippen molar-refractivity contribution in [3.63, 3.8) is 0 Å². The lowest BCUT2D eigenvalue weighted by Gasteiger charge is -2.07. The number of hydrogen-bond acceptors (Lipinski definition) is 3. The van der Waals surface area contributed by atoms with Gasteiger partial charge in [0.1, 0.15) is 0 Å². The second kappa shape index (κ2) is 9.54. The van der Waals surface area contributed by atoms with Crippen LogP contribution in [0.2, 0.25) is 0 Å². The molecule has 1 aromatic carbocycles. The maximum absolute atomic E-state index is 11.7. The van der Waals surface area contributed by atoms with Crippen molar-refractivity contribution in [1.29, 1.82) is 5.26 Å². The van der Waals surface area contributed by atoms with E-state index >= 15 is 0 Å². The van der Waals surface area contributed by atoms with E-state index in [9.17, 15) is 9.59 Å². The van der Waals surface area contributed by atoms with E-state index in [2.05, 4.69) is 11.4 Å². The summed E-state index contributed by atoms with van der Waals surface area (Å²) in [5, 5.41) is 11.2. The van der Waals surface area contributed by atoms with E-state index in [-0.39, 0.29) is 5.91 Å². The molecule has 5 heteroatoms. The lowest BCUT2D eigenvalue weighted by molar-refractivity contribution is -0.121. The lowest BCUT2D eigenvalue weighted by Crippen LogP contribution is -2.25. The van der Waals surface area contributed by atoms with Crippen molar-refractivity contribution >= 4 is 11.8 Å². The van der Waals surface area contributed by atoms with E-state index in [0.29, 0.717) is 31.4 Å². The van der Waals surface area contributed by atoms with E-state index in [0.717, 1.165) is 24.8 Å². The van der Waals surface area contributed by atoms with E-state index in [1.807, 2.05) is 12.1 Å². The summed E-state index contributed by atoms with van der Waals surface area (Å²) in [7, 11) is 0. The maximum Gasteiger partial charge on any atom is 0.248 e. The van der Waals surface area contributed by atoms with Crippen molar-refractivity contribution in [2.75, 3.05) is 6.54 Å². The smallest absolute Gasteiger partial charge is 0.248 e. The van der Waals surface area contributed by atoms with Crippen LogP contribution in [0, 0.1) is 11.3 Å². The molecule has 0 radical (unpaired) electrons. The Morgan fingerprint density at radius 3 is 2.67 bits per heavy atom. The molecule has 3 N–H and O–H groups in total. The predicted molar refractivity (Wildman–Crippen MR) is 80.4 cm³/mol. The van der Waals surface area contributed by atoms with Crippen LogP contribution in [0.25, 0.3) is 0 Å². The Morgan fingerprint density at radius 1 is 1.19 bits per heavy atom. The standard InChI is InChI=1S/C16H21N3O2/c17-11-5-1-2-6-12-19-15(20)10-9-13-7-3-4-8-14(13)16(18)21/h3-4,7-8H,1-2,5-6,9-10,12H2,(H2,18,21)(H,19,20). The van der Waals surface area contributed by atoms with Gasteiger partial charge in [0.15, 0.2) is 0 Å². The first-order valence-corrected chi connectivity index (χ1v) is 7.16. The van der Waals surface area contributed by atoms with Crippen molar-refractivity contribution in [3.05, 3.63) is 35.4 Å². The van der Waals surface area contributed by atoms with Gasteiger partial charge in [0.2, 0.25) is 11.8 Å². The zero-order valence-corrected chi connectivity index (χ0v) is 12.1. The van der Waals surface area contributed by atoms with Crippen LogP contribution in [0.5, 0.6) is 0 Å². The van der Waals surface area contributed by atoms with Crippen LogP contribution in [0.4, 0.5) is 0 Å². The van der Waals surface area contributed by atoms with Crippen LogP contribution in [0.3, 0.4) is 0 Å². The van der Waals surface area contributed by atoms with Crippen molar-refractivity contribution in [2.45, 2.75) is 38.5 Å². The summed E-state index contributed by atoms with van der Waals surface area (Å²) < 4.78 is 0. The molecule has 5 nitrogen and oxygen atoms in total. The number of nitrogens with two attached hydrogens (primary N) is 1.